The lowest BCUT2D eigenvalue weighted by Gasteiger charge is -2.16. The van der Waals surface area contributed by atoms with Crippen molar-refractivity contribution < 1.29 is 4.74 Å². The monoisotopic (exact) mass is 426 g/mol. The van der Waals surface area contributed by atoms with Crippen LogP contribution >= 0.6 is 0 Å². The predicted octanol–water partition coefficient (Wildman–Crippen LogP) is 7.22. The van der Waals surface area contributed by atoms with Crippen LogP contribution in [0.15, 0.2) is 72.8 Å². The first kappa shape index (κ1) is 22.1. The Kier molecular flexibility index (Phi) is 6.94. The molecular formula is C29H34N2O. The van der Waals surface area contributed by atoms with Gasteiger partial charge in [-0.05, 0) is 59.7 Å². The van der Waals surface area contributed by atoms with Crippen LogP contribution in [-0.2, 0) is 13.0 Å². The van der Waals surface area contributed by atoms with Crippen molar-refractivity contribution in [2.45, 2.75) is 53.0 Å². The normalized spacial score (nSPS) is 12.4. The van der Waals surface area contributed by atoms with Crippen LogP contribution in [0.3, 0.4) is 0 Å². The number of para-hydroxylation sites is 2. The summed E-state index contributed by atoms with van der Waals surface area (Å²) in [7, 11) is 0. The molecule has 0 N–H and O–H groups in total. The van der Waals surface area contributed by atoms with Gasteiger partial charge in [0.2, 0.25) is 0 Å². The van der Waals surface area contributed by atoms with Crippen LogP contribution in [0.4, 0.5) is 0 Å². The minimum absolute atomic E-state index is 0.211. The summed E-state index contributed by atoms with van der Waals surface area (Å²) in [5, 5.41) is 0. The van der Waals surface area contributed by atoms with Gasteiger partial charge in [0.25, 0.3) is 0 Å². The summed E-state index contributed by atoms with van der Waals surface area (Å²) in [5.41, 5.74) is 6.18. The van der Waals surface area contributed by atoms with Crippen molar-refractivity contribution in [2.75, 3.05) is 6.61 Å². The molecule has 0 aliphatic carbocycles. The molecule has 3 aromatic carbocycles. The summed E-state index contributed by atoms with van der Waals surface area (Å²) in [6.45, 7) is 10.5. The molecule has 3 heteroatoms. The summed E-state index contributed by atoms with van der Waals surface area (Å²) in [4.78, 5) is 5.05. The Labute approximate surface area is 192 Å². The molecule has 32 heavy (non-hydrogen) atoms. The van der Waals surface area contributed by atoms with Gasteiger partial charge in [0, 0.05) is 12.5 Å². The minimum atomic E-state index is 0.211. The van der Waals surface area contributed by atoms with Crippen molar-refractivity contribution in [3.05, 3.63) is 95.3 Å². The summed E-state index contributed by atoms with van der Waals surface area (Å²) < 4.78 is 8.11. The lowest BCUT2D eigenvalue weighted by Crippen LogP contribution is -2.09. The number of aromatic nitrogens is 2. The Hall–Kier alpha value is -3.07. The molecule has 0 amide bonds. The van der Waals surface area contributed by atoms with E-state index in [9.17, 15) is 0 Å². The zero-order valence-corrected chi connectivity index (χ0v) is 19.7. The number of hydrogen-bond donors (Lipinski definition) is 0. The van der Waals surface area contributed by atoms with Crippen LogP contribution in [0, 0.1) is 5.92 Å². The van der Waals surface area contributed by atoms with Crippen LogP contribution in [0.1, 0.15) is 62.5 Å². The molecule has 1 aromatic heterocycles. The smallest absolute Gasteiger partial charge is 0.119 e. The zero-order valence-electron chi connectivity index (χ0n) is 19.7. The molecule has 3 nitrogen and oxygen atoms in total. The standard InChI is InChI=1S/C29H34N2O/c1-5-18-32-26-16-12-24(13-17-26)20-31-28-9-7-6-8-27(28)30-29(31)22(4)25-14-10-23(11-15-25)19-21(2)3/h6-17,21-22H,5,18-20H2,1-4H3. The van der Waals surface area contributed by atoms with E-state index in [1.165, 1.54) is 22.2 Å². The van der Waals surface area contributed by atoms with Crippen molar-refractivity contribution in [2.24, 2.45) is 5.92 Å². The van der Waals surface area contributed by atoms with E-state index in [-0.39, 0.29) is 5.92 Å². The van der Waals surface area contributed by atoms with Gasteiger partial charge in [0.15, 0.2) is 0 Å². The molecule has 0 aliphatic rings. The number of rotatable bonds is 9. The summed E-state index contributed by atoms with van der Waals surface area (Å²) in [6.07, 6.45) is 2.13. The van der Waals surface area contributed by atoms with Gasteiger partial charge in [-0.1, -0.05) is 76.2 Å². The van der Waals surface area contributed by atoms with Crippen LogP contribution in [0.5, 0.6) is 5.75 Å². The van der Waals surface area contributed by atoms with Gasteiger partial charge in [-0.3, -0.25) is 0 Å². The molecule has 4 rings (SSSR count). The molecular weight excluding hydrogens is 392 g/mol. The number of fused-ring (bicyclic) bond motifs is 1. The summed E-state index contributed by atoms with van der Waals surface area (Å²) >= 11 is 0. The largest absolute Gasteiger partial charge is 0.494 e. The third-order valence-corrected chi connectivity index (χ3v) is 5.93. The van der Waals surface area contributed by atoms with Crippen LogP contribution in [0.25, 0.3) is 11.0 Å². The van der Waals surface area contributed by atoms with Gasteiger partial charge in [-0.25, -0.2) is 4.98 Å². The molecule has 1 atom stereocenters. The third kappa shape index (κ3) is 5.04. The maximum Gasteiger partial charge on any atom is 0.119 e. The number of imidazole rings is 1. The lowest BCUT2D eigenvalue weighted by atomic mass is 9.96. The number of nitrogens with zero attached hydrogens (tertiary/aromatic N) is 2. The molecule has 4 aromatic rings. The van der Waals surface area contributed by atoms with E-state index >= 15 is 0 Å². The number of hydrogen-bond acceptors (Lipinski definition) is 2. The first-order chi connectivity index (χ1) is 15.5. The summed E-state index contributed by atoms with van der Waals surface area (Å²) in [5.74, 6) is 2.92. The highest BCUT2D eigenvalue weighted by Gasteiger charge is 2.18. The topological polar surface area (TPSA) is 27.1 Å². The van der Waals surface area contributed by atoms with E-state index in [4.69, 9.17) is 9.72 Å². The SMILES string of the molecule is CCCOc1ccc(Cn2c(C(C)c3ccc(CC(C)C)cc3)nc3ccccc32)cc1. The number of ether oxygens (including phenoxy) is 1. The Morgan fingerprint density at radius 3 is 2.22 bits per heavy atom. The van der Waals surface area contributed by atoms with E-state index in [1.807, 2.05) is 0 Å². The van der Waals surface area contributed by atoms with E-state index in [1.54, 1.807) is 0 Å². The molecule has 0 saturated heterocycles. The Morgan fingerprint density at radius 1 is 0.844 bits per heavy atom. The molecule has 0 saturated carbocycles. The molecule has 1 heterocycles. The van der Waals surface area contributed by atoms with Gasteiger partial charge < -0.3 is 9.30 Å². The van der Waals surface area contributed by atoms with E-state index in [0.29, 0.717) is 5.92 Å². The van der Waals surface area contributed by atoms with Crippen LogP contribution in [0.2, 0.25) is 0 Å². The van der Waals surface area contributed by atoms with Gasteiger partial charge in [-0.2, -0.15) is 0 Å². The predicted molar refractivity (Wildman–Crippen MR) is 134 cm³/mol. The second kappa shape index (κ2) is 10.0. The van der Waals surface area contributed by atoms with E-state index in [0.717, 1.165) is 43.1 Å². The van der Waals surface area contributed by atoms with E-state index in [2.05, 4.69) is 105 Å². The molecule has 0 bridgehead atoms. The molecule has 0 radical (unpaired) electrons. The zero-order chi connectivity index (χ0) is 22.5. The maximum absolute atomic E-state index is 5.75. The van der Waals surface area contributed by atoms with Gasteiger partial charge >= 0.3 is 0 Å². The average molecular weight is 427 g/mol. The molecule has 1 unspecified atom stereocenters. The highest BCUT2D eigenvalue weighted by molar-refractivity contribution is 5.76. The van der Waals surface area contributed by atoms with Crippen molar-refractivity contribution in [1.82, 2.24) is 9.55 Å². The highest BCUT2D eigenvalue weighted by Crippen LogP contribution is 2.29. The Morgan fingerprint density at radius 2 is 1.53 bits per heavy atom. The Balaban J connectivity index is 1.64. The molecule has 0 aliphatic heterocycles. The van der Waals surface area contributed by atoms with Crippen molar-refractivity contribution in [3.8, 4) is 5.75 Å². The molecule has 166 valence electrons. The minimum Gasteiger partial charge on any atom is -0.494 e. The van der Waals surface area contributed by atoms with Gasteiger partial charge in [-0.15, -0.1) is 0 Å². The average Bonchev–Trinajstić information content (AvgIpc) is 3.16. The first-order valence-electron chi connectivity index (χ1n) is 11.8. The van der Waals surface area contributed by atoms with Crippen molar-refractivity contribution >= 4 is 11.0 Å². The summed E-state index contributed by atoms with van der Waals surface area (Å²) in [6, 6.07) is 26.0. The van der Waals surface area contributed by atoms with Crippen molar-refractivity contribution in [3.63, 3.8) is 0 Å². The fourth-order valence-corrected chi connectivity index (χ4v) is 4.25. The fraction of sp³-hybridized carbons (Fsp3) is 0.345. The van der Waals surface area contributed by atoms with Crippen molar-refractivity contribution in [1.29, 1.82) is 0 Å². The Bertz CT molecular complexity index is 1140. The third-order valence-electron chi connectivity index (χ3n) is 5.93. The van der Waals surface area contributed by atoms with Gasteiger partial charge in [0.1, 0.15) is 11.6 Å². The maximum atomic E-state index is 5.75. The van der Waals surface area contributed by atoms with Gasteiger partial charge in [0.05, 0.1) is 17.6 Å². The quantitative estimate of drug-likeness (QED) is 0.282. The molecule has 0 spiro atoms. The van der Waals surface area contributed by atoms with Crippen LogP contribution < -0.4 is 4.74 Å². The second-order valence-electron chi connectivity index (χ2n) is 9.10. The fourth-order valence-electron chi connectivity index (χ4n) is 4.25. The lowest BCUT2D eigenvalue weighted by molar-refractivity contribution is 0.317. The highest BCUT2D eigenvalue weighted by atomic mass is 16.5. The van der Waals surface area contributed by atoms with Crippen LogP contribution in [-0.4, -0.2) is 16.2 Å². The second-order valence-corrected chi connectivity index (χ2v) is 9.10. The number of benzene rings is 3. The first-order valence-corrected chi connectivity index (χ1v) is 11.8. The van der Waals surface area contributed by atoms with E-state index < -0.39 is 0 Å². The molecule has 0 fully saturated rings.